The van der Waals surface area contributed by atoms with E-state index in [9.17, 15) is 14.7 Å². The summed E-state index contributed by atoms with van der Waals surface area (Å²) in [5, 5.41) is 10.4. The lowest BCUT2D eigenvalue weighted by atomic mass is 10.0. The van der Waals surface area contributed by atoms with Crippen molar-refractivity contribution in [3.05, 3.63) is 84.1 Å². The van der Waals surface area contributed by atoms with Gasteiger partial charge in [-0.25, -0.2) is 4.90 Å². The van der Waals surface area contributed by atoms with Gasteiger partial charge in [0.15, 0.2) is 17.3 Å². The molecule has 0 saturated heterocycles. The molecule has 3 aromatic carbocycles. The van der Waals surface area contributed by atoms with E-state index >= 15 is 0 Å². The molecule has 0 spiro atoms. The van der Waals surface area contributed by atoms with Crippen LogP contribution in [-0.4, -0.2) is 31.1 Å². The molecular formula is C24H19NO6. The van der Waals surface area contributed by atoms with Crippen LogP contribution < -0.4 is 19.1 Å². The molecule has 2 amide bonds. The van der Waals surface area contributed by atoms with E-state index in [4.69, 9.17) is 14.2 Å². The Kier molecular flexibility index (Phi) is 5.32. The standard InChI is InChI=1S/C24H19NO6/c1-29-19-13-8-15(14-20(19)30-2)21-22(26)24(28)25(23(21)27)16-9-11-18(12-10-16)31-17-6-4-3-5-7-17/h3-14,26H,1-2H3. The van der Waals surface area contributed by atoms with Crippen molar-refractivity contribution in [2.24, 2.45) is 0 Å². The Hall–Kier alpha value is -4.26. The number of benzene rings is 3. The first-order valence-corrected chi connectivity index (χ1v) is 9.41. The number of ether oxygens (including phenoxy) is 3. The van der Waals surface area contributed by atoms with Gasteiger partial charge in [0, 0.05) is 0 Å². The molecule has 4 rings (SSSR count). The largest absolute Gasteiger partial charge is 0.502 e. The minimum Gasteiger partial charge on any atom is -0.502 e. The smallest absolute Gasteiger partial charge is 0.301 e. The monoisotopic (exact) mass is 417 g/mol. The van der Waals surface area contributed by atoms with Crippen LogP contribution in [-0.2, 0) is 9.59 Å². The minimum absolute atomic E-state index is 0.101. The quantitative estimate of drug-likeness (QED) is 0.601. The molecule has 0 atom stereocenters. The number of aliphatic hydroxyl groups is 1. The highest BCUT2D eigenvalue weighted by Crippen LogP contribution is 2.36. The summed E-state index contributed by atoms with van der Waals surface area (Å²) >= 11 is 0. The summed E-state index contributed by atoms with van der Waals surface area (Å²) in [7, 11) is 2.95. The number of hydrogen-bond donors (Lipinski definition) is 1. The predicted octanol–water partition coefficient (Wildman–Crippen LogP) is 4.34. The molecule has 7 heteroatoms. The first-order chi connectivity index (χ1) is 15.0. The van der Waals surface area contributed by atoms with Crippen molar-refractivity contribution in [3.8, 4) is 23.0 Å². The lowest BCUT2D eigenvalue weighted by Gasteiger charge is -2.15. The molecule has 156 valence electrons. The maximum Gasteiger partial charge on any atom is 0.301 e. The van der Waals surface area contributed by atoms with Gasteiger partial charge >= 0.3 is 5.91 Å². The zero-order valence-corrected chi connectivity index (χ0v) is 16.9. The fourth-order valence-electron chi connectivity index (χ4n) is 3.29. The van der Waals surface area contributed by atoms with Crippen LogP contribution in [0.25, 0.3) is 5.57 Å². The Morgan fingerprint density at radius 2 is 1.39 bits per heavy atom. The average Bonchev–Trinajstić information content (AvgIpc) is 3.02. The zero-order chi connectivity index (χ0) is 22.0. The number of nitrogens with zero attached hydrogens (tertiary/aromatic N) is 1. The number of carbonyl (C=O) groups excluding carboxylic acids is 2. The Bertz CT molecular complexity index is 1170. The number of rotatable bonds is 6. The Labute approximate surface area is 178 Å². The lowest BCUT2D eigenvalue weighted by molar-refractivity contribution is -0.121. The molecular weight excluding hydrogens is 398 g/mol. The van der Waals surface area contributed by atoms with E-state index in [1.807, 2.05) is 30.3 Å². The second kappa shape index (κ2) is 8.23. The third-order valence-electron chi connectivity index (χ3n) is 4.81. The normalized spacial score (nSPS) is 13.5. The van der Waals surface area contributed by atoms with Gasteiger partial charge in [-0.05, 0) is 54.1 Å². The van der Waals surface area contributed by atoms with Crippen LogP contribution in [0.5, 0.6) is 23.0 Å². The van der Waals surface area contributed by atoms with E-state index in [1.54, 1.807) is 36.4 Å². The summed E-state index contributed by atoms with van der Waals surface area (Å²) < 4.78 is 16.2. The molecule has 31 heavy (non-hydrogen) atoms. The number of para-hydroxylation sites is 1. The molecule has 1 heterocycles. The highest BCUT2D eigenvalue weighted by Gasteiger charge is 2.40. The summed E-state index contributed by atoms with van der Waals surface area (Å²) in [4.78, 5) is 26.6. The fourth-order valence-corrected chi connectivity index (χ4v) is 3.29. The number of anilines is 1. The van der Waals surface area contributed by atoms with Gasteiger partial charge in [0.1, 0.15) is 11.5 Å². The van der Waals surface area contributed by atoms with Crippen molar-refractivity contribution >= 4 is 23.1 Å². The third kappa shape index (κ3) is 3.69. The average molecular weight is 417 g/mol. The van der Waals surface area contributed by atoms with Crippen LogP contribution in [0.2, 0.25) is 0 Å². The molecule has 1 N–H and O–H groups in total. The van der Waals surface area contributed by atoms with Gasteiger partial charge in [-0.15, -0.1) is 0 Å². The van der Waals surface area contributed by atoms with E-state index in [2.05, 4.69) is 0 Å². The molecule has 0 radical (unpaired) electrons. The van der Waals surface area contributed by atoms with Crippen molar-refractivity contribution in [2.75, 3.05) is 19.1 Å². The number of amides is 2. The van der Waals surface area contributed by atoms with E-state index in [-0.39, 0.29) is 5.57 Å². The van der Waals surface area contributed by atoms with Gasteiger partial charge in [0.25, 0.3) is 5.91 Å². The summed E-state index contributed by atoms with van der Waals surface area (Å²) in [5.74, 6) is 0.000133. The molecule has 0 aliphatic carbocycles. The van der Waals surface area contributed by atoms with Crippen LogP contribution in [0, 0.1) is 0 Å². The molecule has 0 aromatic heterocycles. The Morgan fingerprint density at radius 1 is 0.742 bits per heavy atom. The van der Waals surface area contributed by atoms with Gasteiger partial charge in [0.05, 0.1) is 25.5 Å². The first kappa shape index (κ1) is 20.0. The van der Waals surface area contributed by atoms with Gasteiger partial charge in [-0.2, -0.15) is 0 Å². The maximum atomic E-state index is 13.0. The van der Waals surface area contributed by atoms with E-state index in [0.29, 0.717) is 34.2 Å². The summed E-state index contributed by atoms with van der Waals surface area (Å²) in [5.41, 5.74) is 0.563. The topological polar surface area (TPSA) is 85.3 Å². The second-order valence-corrected chi connectivity index (χ2v) is 6.65. The van der Waals surface area contributed by atoms with E-state index < -0.39 is 17.6 Å². The molecule has 1 aliphatic heterocycles. The molecule has 1 aliphatic rings. The van der Waals surface area contributed by atoms with Gasteiger partial charge in [-0.1, -0.05) is 24.3 Å². The zero-order valence-electron chi connectivity index (χ0n) is 16.9. The van der Waals surface area contributed by atoms with Crippen molar-refractivity contribution in [1.29, 1.82) is 0 Å². The molecule has 0 fully saturated rings. The number of methoxy groups -OCH3 is 2. The SMILES string of the molecule is COc1ccc(C2=C(O)C(=O)N(c3ccc(Oc4ccccc4)cc3)C2=O)cc1OC. The van der Waals surface area contributed by atoms with Crippen LogP contribution >= 0.6 is 0 Å². The number of imide groups is 1. The van der Waals surface area contributed by atoms with Crippen LogP contribution in [0.4, 0.5) is 5.69 Å². The third-order valence-corrected chi connectivity index (χ3v) is 4.81. The Balaban J connectivity index is 1.61. The number of aliphatic hydroxyl groups excluding tert-OH is 1. The van der Waals surface area contributed by atoms with Crippen molar-refractivity contribution in [1.82, 2.24) is 0 Å². The van der Waals surface area contributed by atoms with Gasteiger partial charge in [-0.3, -0.25) is 9.59 Å². The fraction of sp³-hybridized carbons (Fsp3) is 0.0833. The lowest BCUT2D eigenvalue weighted by Crippen LogP contribution is -2.31. The summed E-state index contributed by atoms with van der Waals surface area (Å²) in [6, 6.07) is 20.4. The highest BCUT2D eigenvalue weighted by atomic mass is 16.5. The minimum atomic E-state index is -0.800. The molecule has 0 unspecified atom stereocenters. The van der Waals surface area contributed by atoms with Crippen LogP contribution in [0.15, 0.2) is 78.6 Å². The van der Waals surface area contributed by atoms with Gasteiger partial charge in [0.2, 0.25) is 0 Å². The van der Waals surface area contributed by atoms with Crippen molar-refractivity contribution < 1.29 is 28.9 Å². The second-order valence-electron chi connectivity index (χ2n) is 6.65. The highest BCUT2D eigenvalue weighted by molar-refractivity contribution is 6.44. The van der Waals surface area contributed by atoms with E-state index in [0.717, 1.165) is 4.90 Å². The van der Waals surface area contributed by atoms with Crippen LogP contribution in [0.1, 0.15) is 5.56 Å². The number of carbonyl (C=O) groups is 2. The van der Waals surface area contributed by atoms with Crippen molar-refractivity contribution in [2.45, 2.75) is 0 Å². The van der Waals surface area contributed by atoms with Crippen molar-refractivity contribution in [3.63, 3.8) is 0 Å². The predicted molar refractivity (Wildman–Crippen MR) is 115 cm³/mol. The molecule has 7 nitrogen and oxygen atoms in total. The summed E-state index contributed by atoms with van der Waals surface area (Å²) in [6.45, 7) is 0. The Morgan fingerprint density at radius 3 is 2.03 bits per heavy atom. The molecule has 3 aromatic rings. The van der Waals surface area contributed by atoms with Gasteiger partial charge < -0.3 is 19.3 Å². The molecule has 0 bridgehead atoms. The van der Waals surface area contributed by atoms with E-state index in [1.165, 1.54) is 20.3 Å². The molecule has 0 saturated carbocycles. The maximum absolute atomic E-state index is 13.0. The number of hydrogen-bond acceptors (Lipinski definition) is 6. The first-order valence-electron chi connectivity index (χ1n) is 9.41. The summed E-state index contributed by atoms with van der Waals surface area (Å²) in [6.07, 6.45) is 0. The van der Waals surface area contributed by atoms with Crippen LogP contribution in [0.3, 0.4) is 0 Å².